The zero-order valence-electron chi connectivity index (χ0n) is 9.43. The molecule has 0 amide bonds. The van der Waals surface area contributed by atoms with Crippen LogP contribution < -0.4 is 5.73 Å². The molecule has 1 heterocycles. The minimum atomic E-state index is -0.320. The van der Waals surface area contributed by atoms with Crippen molar-refractivity contribution < 1.29 is 9.53 Å². The Hall–Kier alpha value is -1.36. The molecular formula is C11H17N3O2. The maximum Gasteiger partial charge on any atom is 0.356 e. The summed E-state index contributed by atoms with van der Waals surface area (Å²) in [7, 11) is 0. The van der Waals surface area contributed by atoms with Crippen LogP contribution in [0.2, 0.25) is 0 Å². The van der Waals surface area contributed by atoms with Crippen molar-refractivity contribution in [3.8, 4) is 0 Å². The third-order valence-corrected chi connectivity index (χ3v) is 2.92. The Morgan fingerprint density at radius 2 is 2.50 bits per heavy atom. The van der Waals surface area contributed by atoms with Crippen LogP contribution in [0.4, 0.5) is 0 Å². The molecule has 0 aliphatic heterocycles. The van der Waals surface area contributed by atoms with Gasteiger partial charge in [-0.25, -0.2) is 9.78 Å². The Labute approximate surface area is 94.6 Å². The van der Waals surface area contributed by atoms with Crippen molar-refractivity contribution in [3.05, 3.63) is 18.2 Å². The SMILES string of the molecule is CCOC(=O)c1cncn1C(CN)C1CC1. The van der Waals surface area contributed by atoms with Crippen LogP contribution >= 0.6 is 0 Å². The number of hydrogen-bond acceptors (Lipinski definition) is 4. The molecule has 5 nitrogen and oxygen atoms in total. The molecule has 0 radical (unpaired) electrons. The molecule has 5 heteroatoms. The van der Waals surface area contributed by atoms with Crippen molar-refractivity contribution in [2.45, 2.75) is 25.8 Å². The largest absolute Gasteiger partial charge is 0.461 e. The lowest BCUT2D eigenvalue weighted by Crippen LogP contribution is -2.24. The van der Waals surface area contributed by atoms with Crippen molar-refractivity contribution in [2.24, 2.45) is 11.7 Å². The maximum atomic E-state index is 11.7. The van der Waals surface area contributed by atoms with Gasteiger partial charge in [0.1, 0.15) is 5.69 Å². The summed E-state index contributed by atoms with van der Waals surface area (Å²) in [6.45, 7) is 2.70. The molecule has 0 spiro atoms. The molecule has 0 aromatic carbocycles. The van der Waals surface area contributed by atoms with E-state index in [-0.39, 0.29) is 12.0 Å². The monoisotopic (exact) mass is 223 g/mol. The first kappa shape index (κ1) is 11.1. The zero-order valence-corrected chi connectivity index (χ0v) is 9.43. The van der Waals surface area contributed by atoms with Crippen molar-refractivity contribution in [1.29, 1.82) is 0 Å². The molecule has 1 unspecified atom stereocenters. The number of nitrogens with zero attached hydrogens (tertiary/aromatic N) is 2. The van der Waals surface area contributed by atoms with Crippen molar-refractivity contribution in [1.82, 2.24) is 9.55 Å². The summed E-state index contributed by atoms with van der Waals surface area (Å²) in [6.07, 6.45) is 5.58. The molecule has 1 aromatic rings. The molecule has 1 fully saturated rings. The van der Waals surface area contributed by atoms with Crippen LogP contribution in [0.3, 0.4) is 0 Å². The van der Waals surface area contributed by atoms with Gasteiger partial charge in [-0.1, -0.05) is 0 Å². The highest BCUT2D eigenvalue weighted by atomic mass is 16.5. The van der Waals surface area contributed by atoms with E-state index in [0.29, 0.717) is 24.8 Å². The summed E-state index contributed by atoms with van der Waals surface area (Å²) in [6, 6.07) is 0.182. The lowest BCUT2D eigenvalue weighted by atomic mass is 10.2. The highest BCUT2D eigenvalue weighted by Crippen LogP contribution is 2.39. The molecule has 1 aromatic heterocycles. The van der Waals surface area contributed by atoms with Crippen molar-refractivity contribution >= 4 is 5.97 Å². The van der Waals surface area contributed by atoms with E-state index < -0.39 is 0 Å². The minimum Gasteiger partial charge on any atom is -0.461 e. The number of carbonyl (C=O) groups excluding carboxylic acids is 1. The normalized spacial score (nSPS) is 17.1. The number of rotatable bonds is 5. The number of carbonyl (C=O) groups is 1. The van der Waals surface area contributed by atoms with Crippen LogP contribution in [0.15, 0.2) is 12.5 Å². The Kier molecular flexibility index (Phi) is 3.24. The first-order valence-corrected chi connectivity index (χ1v) is 5.67. The fourth-order valence-corrected chi connectivity index (χ4v) is 1.95. The van der Waals surface area contributed by atoms with E-state index in [0.717, 1.165) is 0 Å². The molecule has 1 saturated carbocycles. The molecular weight excluding hydrogens is 206 g/mol. The van der Waals surface area contributed by atoms with E-state index in [1.807, 2.05) is 4.57 Å². The molecule has 88 valence electrons. The van der Waals surface area contributed by atoms with Gasteiger partial charge >= 0.3 is 5.97 Å². The van der Waals surface area contributed by atoms with Crippen molar-refractivity contribution in [2.75, 3.05) is 13.2 Å². The zero-order chi connectivity index (χ0) is 11.5. The Morgan fingerprint density at radius 1 is 1.75 bits per heavy atom. The van der Waals surface area contributed by atoms with E-state index in [2.05, 4.69) is 4.98 Å². The second-order valence-electron chi connectivity index (χ2n) is 4.05. The van der Waals surface area contributed by atoms with Gasteiger partial charge in [0.25, 0.3) is 0 Å². The molecule has 16 heavy (non-hydrogen) atoms. The predicted octanol–water partition coefficient (Wildman–Crippen LogP) is 0.970. The molecule has 2 N–H and O–H groups in total. The topological polar surface area (TPSA) is 70.1 Å². The van der Waals surface area contributed by atoms with Gasteiger partial charge in [-0.2, -0.15) is 0 Å². The Bertz CT molecular complexity index is 371. The second kappa shape index (κ2) is 4.65. The quantitative estimate of drug-likeness (QED) is 0.755. The average molecular weight is 223 g/mol. The smallest absolute Gasteiger partial charge is 0.356 e. The Morgan fingerprint density at radius 3 is 3.06 bits per heavy atom. The summed E-state index contributed by atoms with van der Waals surface area (Å²) in [4.78, 5) is 15.7. The first-order chi connectivity index (χ1) is 7.77. The van der Waals surface area contributed by atoms with E-state index in [9.17, 15) is 4.79 Å². The number of imidazole rings is 1. The molecule has 2 rings (SSSR count). The van der Waals surface area contributed by atoms with Gasteiger partial charge in [0.05, 0.1) is 25.2 Å². The van der Waals surface area contributed by atoms with Gasteiger partial charge in [0.2, 0.25) is 0 Å². The third-order valence-electron chi connectivity index (χ3n) is 2.92. The summed E-state index contributed by atoms with van der Waals surface area (Å²) in [5, 5.41) is 0. The van der Waals surface area contributed by atoms with Crippen LogP contribution in [0.1, 0.15) is 36.3 Å². The van der Waals surface area contributed by atoms with E-state index in [1.54, 1.807) is 19.4 Å². The van der Waals surface area contributed by atoms with Crippen LogP contribution in [-0.4, -0.2) is 28.7 Å². The molecule has 1 aliphatic rings. The number of ether oxygens (including phenoxy) is 1. The number of esters is 1. The highest BCUT2D eigenvalue weighted by molar-refractivity contribution is 5.87. The van der Waals surface area contributed by atoms with Gasteiger partial charge in [-0.3, -0.25) is 0 Å². The van der Waals surface area contributed by atoms with Gasteiger partial charge in [-0.15, -0.1) is 0 Å². The van der Waals surface area contributed by atoms with Crippen molar-refractivity contribution in [3.63, 3.8) is 0 Å². The molecule has 0 saturated heterocycles. The molecule has 1 aliphatic carbocycles. The minimum absolute atomic E-state index is 0.182. The second-order valence-corrected chi connectivity index (χ2v) is 4.05. The van der Waals surface area contributed by atoms with Gasteiger partial charge < -0.3 is 15.0 Å². The van der Waals surface area contributed by atoms with E-state index in [1.165, 1.54) is 12.8 Å². The van der Waals surface area contributed by atoms with Crippen LogP contribution in [0, 0.1) is 5.92 Å². The van der Waals surface area contributed by atoms with Gasteiger partial charge in [-0.05, 0) is 25.7 Å². The fraction of sp³-hybridized carbons (Fsp3) is 0.636. The highest BCUT2D eigenvalue weighted by Gasteiger charge is 2.33. The molecule has 1 atom stereocenters. The Balaban J connectivity index is 2.19. The third kappa shape index (κ3) is 2.09. The number of nitrogens with two attached hydrogens (primary N) is 1. The lowest BCUT2D eigenvalue weighted by molar-refractivity contribution is 0.0510. The van der Waals surface area contributed by atoms with Crippen LogP contribution in [0.5, 0.6) is 0 Å². The number of hydrogen-bond donors (Lipinski definition) is 1. The van der Waals surface area contributed by atoms with Gasteiger partial charge in [0, 0.05) is 6.54 Å². The summed E-state index contributed by atoms with van der Waals surface area (Å²) in [5.74, 6) is 0.270. The summed E-state index contributed by atoms with van der Waals surface area (Å²) < 4.78 is 6.84. The first-order valence-electron chi connectivity index (χ1n) is 5.67. The lowest BCUT2D eigenvalue weighted by Gasteiger charge is -2.17. The molecule has 0 bridgehead atoms. The van der Waals surface area contributed by atoms with Crippen LogP contribution in [0.25, 0.3) is 0 Å². The maximum absolute atomic E-state index is 11.7. The van der Waals surface area contributed by atoms with E-state index >= 15 is 0 Å². The predicted molar refractivity (Wildman–Crippen MR) is 59.0 cm³/mol. The summed E-state index contributed by atoms with van der Waals surface area (Å²) in [5.41, 5.74) is 6.25. The van der Waals surface area contributed by atoms with Crippen LogP contribution in [-0.2, 0) is 4.74 Å². The fourth-order valence-electron chi connectivity index (χ4n) is 1.95. The van der Waals surface area contributed by atoms with Gasteiger partial charge in [0.15, 0.2) is 0 Å². The number of aromatic nitrogens is 2. The van der Waals surface area contributed by atoms with E-state index in [4.69, 9.17) is 10.5 Å². The summed E-state index contributed by atoms with van der Waals surface area (Å²) >= 11 is 0. The average Bonchev–Trinajstić information content (AvgIpc) is 2.97. The standard InChI is InChI=1S/C11H17N3O2/c1-2-16-11(15)10-6-13-7-14(10)9(5-12)8-3-4-8/h6-9H,2-5,12H2,1H3.